The van der Waals surface area contributed by atoms with Crippen molar-refractivity contribution in [3.05, 3.63) is 10.4 Å². The molecular weight excluding hydrogens is 138 g/mol. The van der Waals surface area contributed by atoms with Crippen molar-refractivity contribution in [1.82, 2.24) is 0 Å². The summed E-state index contributed by atoms with van der Waals surface area (Å²) in [6.07, 6.45) is -1.35. The maximum absolute atomic E-state index is 10.4. The minimum absolute atomic E-state index is 0.289. The molecule has 0 aliphatic carbocycles. The minimum Gasteiger partial charge on any atom is -0.467 e. The zero-order valence-corrected chi connectivity index (χ0v) is 5.39. The van der Waals surface area contributed by atoms with Crippen LogP contribution in [0.25, 0.3) is 10.4 Å². The predicted octanol–water partition coefficient (Wildman–Crippen LogP) is -0.169. The van der Waals surface area contributed by atoms with Crippen LogP contribution in [0.1, 0.15) is 0 Å². The second-order valence-electron chi connectivity index (χ2n) is 1.45. The lowest BCUT2D eigenvalue weighted by atomic mass is 10.4. The van der Waals surface area contributed by atoms with E-state index < -0.39 is 12.1 Å². The van der Waals surface area contributed by atoms with Gasteiger partial charge in [-0.25, -0.2) is 4.79 Å². The van der Waals surface area contributed by atoms with E-state index in [0.29, 0.717) is 0 Å². The van der Waals surface area contributed by atoms with Gasteiger partial charge in [-0.2, -0.15) is 0 Å². The number of methoxy groups -OCH3 is 1. The van der Waals surface area contributed by atoms with Crippen LogP contribution in [0.15, 0.2) is 5.11 Å². The summed E-state index contributed by atoms with van der Waals surface area (Å²) in [6, 6.07) is 0. The van der Waals surface area contributed by atoms with E-state index in [9.17, 15) is 4.79 Å². The van der Waals surface area contributed by atoms with Crippen LogP contribution >= 0.6 is 0 Å². The Kier molecular flexibility index (Phi) is 4.02. The average Bonchev–Trinajstić information content (AvgIpc) is 1.98. The largest absolute Gasteiger partial charge is 0.467 e. The molecule has 0 unspecified atom stereocenters. The maximum Gasteiger partial charge on any atom is 0.334 e. The maximum atomic E-state index is 10.4. The molecule has 10 heavy (non-hydrogen) atoms. The lowest BCUT2D eigenvalue weighted by Crippen LogP contribution is -2.24. The van der Waals surface area contributed by atoms with Crippen LogP contribution in [-0.4, -0.2) is 30.8 Å². The number of hydrogen-bond donors (Lipinski definition) is 1. The molecule has 0 aromatic heterocycles. The van der Waals surface area contributed by atoms with Crippen LogP contribution < -0.4 is 0 Å². The first-order valence-corrected chi connectivity index (χ1v) is 2.49. The summed E-state index contributed by atoms with van der Waals surface area (Å²) in [4.78, 5) is 12.7. The van der Waals surface area contributed by atoms with Crippen LogP contribution in [0.3, 0.4) is 0 Å². The Morgan fingerprint density at radius 3 is 3.00 bits per heavy atom. The first-order chi connectivity index (χ1) is 4.72. The Balaban J connectivity index is 3.72. The van der Waals surface area contributed by atoms with Crippen molar-refractivity contribution < 1.29 is 14.6 Å². The number of aliphatic hydroxyl groups excluding tert-OH is 1. The predicted molar refractivity (Wildman–Crippen MR) is 32.0 cm³/mol. The molecule has 0 aromatic rings. The molecule has 0 bridgehead atoms. The highest BCUT2D eigenvalue weighted by Gasteiger charge is 2.12. The average molecular weight is 145 g/mol. The third-order valence-electron chi connectivity index (χ3n) is 0.791. The number of hydrogen-bond acceptors (Lipinski definition) is 4. The summed E-state index contributed by atoms with van der Waals surface area (Å²) >= 11 is 0. The summed E-state index contributed by atoms with van der Waals surface area (Å²) in [6.45, 7) is -0.289. The summed E-state index contributed by atoms with van der Waals surface area (Å²) in [5.41, 5.74) is 7.76. The summed E-state index contributed by atoms with van der Waals surface area (Å²) in [5, 5.41) is 11.7. The molecule has 6 nitrogen and oxygen atoms in total. The van der Waals surface area contributed by atoms with E-state index in [2.05, 4.69) is 14.8 Å². The van der Waals surface area contributed by atoms with Gasteiger partial charge in [0.05, 0.1) is 13.7 Å². The fourth-order valence-electron chi connectivity index (χ4n) is 0.324. The van der Waals surface area contributed by atoms with Crippen molar-refractivity contribution in [2.24, 2.45) is 5.11 Å². The molecule has 0 aliphatic rings. The molecule has 1 atom stereocenters. The molecule has 0 aromatic carbocycles. The standard InChI is InChI=1S/C4H7N3O3/c1-10-4(9)3(8)2-6-7-5/h3,8H,2H2,1H3/t3-/m1/s1. The van der Waals surface area contributed by atoms with E-state index in [4.69, 9.17) is 10.6 Å². The molecule has 0 saturated carbocycles. The van der Waals surface area contributed by atoms with Gasteiger partial charge in [0.2, 0.25) is 0 Å². The summed E-state index contributed by atoms with van der Waals surface area (Å²) in [7, 11) is 1.14. The van der Waals surface area contributed by atoms with Crippen molar-refractivity contribution in [3.63, 3.8) is 0 Å². The van der Waals surface area contributed by atoms with Gasteiger partial charge in [0, 0.05) is 4.91 Å². The second kappa shape index (κ2) is 4.60. The van der Waals surface area contributed by atoms with E-state index in [1.165, 1.54) is 0 Å². The molecule has 0 rings (SSSR count). The quantitative estimate of drug-likeness (QED) is 0.258. The molecule has 0 heterocycles. The topological polar surface area (TPSA) is 95.3 Å². The smallest absolute Gasteiger partial charge is 0.334 e. The first-order valence-electron chi connectivity index (χ1n) is 2.49. The SMILES string of the molecule is COC(=O)[C@H](O)CN=[N+]=[N-]. The Bertz CT molecular complexity index is 163. The molecule has 56 valence electrons. The van der Waals surface area contributed by atoms with E-state index >= 15 is 0 Å². The number of rotatable bonds is 3. The number of azide groups is 1. The minimum atomic E-state index is -1.35. The molecule has 0 saturated heterocycles. The summed E-state index contributed by atoms with van der Waals surface area (Å²) in [5.74, 6) is -0.799. The van der Waals surface area contributed by atoms with Crippen LogP contribution in [0.2, 0.25) is 0 Å². The van der Waals surface area contributed by atoms with Crippen LogP contribution in [-0.2, 0) is 9.53 Å². The zero-order chi connectivity index (χ0) is 7.98. The van der Waals surface area contributed by atoms with Crippen LogP contribution in [0, 0.1) is 0 Å². The van der Waals surface area contributed by atoms with Gasteiger partial charge in [0.15, 0.2) is 6.10 Å². The lowest BCUT2D eigenvalue weighted by molar-refractivity contribution is -0.149. The van der Waals surface area contributed by atoms with Gasteiger partial charge >= 0.3 is 5.97 Å². The normalized spacial score (nSPS) is 11.4. The molecule has 0 radical (unpaired) electrons. The van der Waals surface area contributed by atoms with Gasteiger partial charge in [-0.1, -0.05) is 5.11 Å². The third kappa shape index (κ3) is 2.91. The van der Waals surface area contributed by atoms with E-state index in [1.54, 1.807) is 0 Å². The van der Waals surface area contributed by atoms with Crippen molar-refractivity contribution in [2.75, 3.05) is 13.7 Å². The van der Waals surface area contributed by atoms with Gasteiger partial charge < -0.3 is 9.84 Å². The Labute approximate surface area is 57.0 Å². The van der Waals surface area contributed by atoms with Crippen LogP contribution in [0.4, 0.5) is 0 Å². The number of esters is 1. The first kappa shape index (κ1) is 8.74. The molecule has 1 N–H and O–H groups in total. The highest BCUT2D eigenvalue weighted by atomic mass is 16.5. The van der Waals surface area contributed by atoms with Crippen molar-refractivity contribution >= 4 is 5.97 Å². The number of carbonyl (C=O) groups is 1. The van der Waals surface area contributed by atoms with Gasteiger partial charge in [0.25, 0.3) is 0 Å². The molecular formula is C4H7N3O3. The summed E-state index contributed by atoms with van der Waals surface area (Å²) < 4.78 is 4.14. The van der Waals surface area contributed by atoms with Crippen molar-refractivity contribution in [2.45, 2.75) is 6.10 Å². The van der Waals surface area contributed by atoms with Crippen molar-refractivity contribution in [3.8, 4) is 0 Å². The molecule has 0 amide bonds. The fraction of sp³-hybridized carbons (Fsp3) is 0.750. The monoisotopic (exact) mass is 145 g/mol. The molecule has 6 heteroatoms. The highest BCUT2D eigenvalue weighted by molar-refractivity contribution is 5.74. The number of aliphatic hydroxyl groups is 1. The Morgan fingerprint density at radius 2 is 2.60 bits per heavy atom. The van der Waals surface area contributed by atoms with Gasteiger partial charge in [0.1, 0.15) is 0 Å². The highest BCUT2D eigenvalue weighted by Crippen LogP contribution is 1.87. The second-order valence-corrected chi connectivity index (χ2v) is 1.45. The van der Waals surface area contributed by atoms with Gasteiger partial charge in [-0.05, 0) is 5.53 Å². The zero-order valence-electron chi connectivity index (χ0n) is 5.39. The number of ether oxygens (including phenoxy) is 1. The van der Waals surface area contributed by atoms with E-state index in [-0.39, 0.29) is 6.54 Å². The number of nitrogens with zero attached hydrogens (tertiary/aromatic N) is 3. The van der Waals surface area contributed by atoms with Crippen LogP contribution in [0.5, 0.6) is 0 Å². The van der Waals surface area contributed by atoms with Crippen molar-refractivity contribution in [1.29, 1.82) is 0 Å². The molecule has 0 aliphatic heterocycles. The molecule has 0 spiro atoms. The van der Waals surface area contributed by atoms with Gasteiger partial charge in [-0.15, -0.1) is 0 Å². The van der Waals surface area contributed by atoms with Gasteiger partial charge in [-0.3, -0.25) is 0 Å². The third-order valence-corrected chi connectivity index (χ3v) is 0.791. The lowest BCUT2D eigenvalue weighted by Gasteiger charge is -2.02. The fourth-order valence-corrected chi connectivity index (χ4v) is 0.324. The van der Waals surface area contributed by atoms with E-state index in [0.717, 1.165) is 7.11 Å². The Hall–Kier alpha value is -1.26. The van der Waals surface area contributed by atoms with E-state index in [1.807, 2.05) is 0 Å². The number of carbonyl (C=O) groups excluding carboxylic acids is 1. The Morgan fingerprint density at radius 1 is 2.00 bits per heavy atom. The molecule has 0 fully saturated rings.